The number of hydrogen-bond donors (Lipinski definition) is 0. The van der Waals surface area contributed by atoms with E-state index in [1.807, 2.05) is 35.8 Å². The second-order valence-electron chi connectivity index (χ2n) is 4.27. The maximum atomic E-state index is 11.1. The van der Waals surface area contributed by atoms with E-state index in [4.69, 9.17) is 0 Å². The van der Waals surface area contributed by atoms with E-state index < -0.39 is 0 Å². The van der Waals surface area contributed by atoms with Crippen LogP contribution in [-0.2, 0) is 13.6 Å². The first-order chi connectivity index (χ1) is 8.58. The fourth-order valence-electron chi connectivity index (χ4n) is 1.67. The van der Waals surface area contributed by atoms with E-state index in [-0.39, 0.29) is 5.78 Å². The molecule has 0 radical (unpaired) electrons. The SMILES string of the molecule is CC(=O)c1ccc(N(C)Cc2nccn2C)cn1. The normalized spacial score (nSPS) is 10.4. The Hall–Kier alpha value is -2.17. The van der Waals surface area contributed by atoms with Gasteiger partial charge in [0.25, 0.3) is 0 Å². The van der Waals surface area contributed by atoms with E-state index in [0.29, 0.717) is 12.2 Å². The van der Waals surface area contributed by atoms with Crippen molar-refractivity contribution in [2.24, 2.45) is 7.05 Å². The van der Waals surface area contributed by atoms with Crippen LogP contribution in [0, 0.1) is 0 Å². The van der Waals surface area contributed by atoms with Crippen LogP contribution in [0.25, 0.3) is 0 Å². The van der Waals surface area contributed by atoms with Crippen LogP contribution < -0.4 is 4.90 Å². The maximum absolute atomic E-state index is 11.1. The summed E-state index contributed by atoms with van der Waals surface area (Å²) in [5, 5.41) is 0. The van der Waals surface area contributed by atoms with E-state index in [2.05, 4.69) is 9.97 Å². The predicted molar refractivity (Wildman–Crippen MR) is 69.6 cm³/mol. The Morgan fingerprint density at radius 3 is 2.67 bits per heavy atom. The number of Topliss-reactive ketones (excluding diaryl/α,β-unsaturated/α-hetero) is 1. The molecule has 0 aliphatic rings. The quantitative estimate of drug-likeness (QED) is 0.767. The fraction of sp³-hybridized carbons (Fsp3) is 0.308. The van der Waals surface area contributed by atoms with Crippen LogP contribution in [0.4, 0.5) is 5.69 Å². The van der Waals surface area contributed by atoms with Gasteiger partial charge >= 0.3 is 0 Å². The molecule has 0 aromatic carbocycles. The molecule has 2 aromatic heterocycles. The third kappa shape index (κ3) is 2.56. The van der Waals surface area contributed by atoms with Gasteiger partial charge in [-0.2, -0.15) is 0 Å². The molecule has 2 heterocycles. The minimum Gasteiger partial charge on any atom is -0.366 e. The van der Waals surface area contributed by atoms with E-state index in [0.717, 1.165) is 11.5 Å². The van der Waals surface area contributed by atoms with Crippen LogP contribution in [0.1, 0.15) is 23.2 Å². The monoisotopic (exact) mass is 244 g/mol. The molecular formula is C13H16N4O. The van der Waals surface area contributed by atoms with Gasteiger partial charge in [0.1, 0.15) is 11.5 Å². The third-order valence-electron chi connectivity index (χ3n) is 2.85. The molecule has 0 unspecified atom stereocenters. The first-order valence-electron chi connectivity index (χ1n) is 5.72. The van der Waals surface area contributed by atoms with Crippen LogP contribution in [0.3, 0.4) is 0 Å². The largest absolute Gasteiger partial charge is 0.366 e. The molecule has 0 fully saturated rings. The van der Waals surface area contributed by atoms with Gasteiger partial charge in [0.15, 0.2) is 5.78 Å². The number of pyridine rings is 1. The van der Waals surface area contributed by atoms with Crippen molar-refractivity contribution in [1.82, 2.24) is 14.5 Å². The average molecular weight is 244 g/mol. The summed E-state index contributed by atoms with van der Waals surface area (Å²) in [5.74, 6) is 0.960. The number of rotatable bonds is 4. The molecule has 0 saturated heterocycles. The Bertz CT molecular complexity index is 544. The Morgan fingerprint density at radius 1 is 1.39 bits per heavy atom. The lowest BCUT2D eigenvalue weighted by Crippen LogP contribution is -2.19. The van der Waals surface area contributed by atoms with E-state index >= 15 is 0 Å². The highest BCUT2D eigenvalue weighted by Crippen LogP contribution is 2.13. The summed E-state index contributed by atoms with van der Waals surface area (Å²) >= 11 is 0. The van der Waals surface area contributed by atoms with Crippen molar-refractivity contribution in [2.45, 2.75) is 13.5 Å². The number of aromatic nitrogens is 3. The zero-order valence-electron chi connectivity index (χ0n) is 10.8. The van der Waals surface area contributed by atoms with Crippen LogP contribution in [0.5, 0.6) is 0 Å². The highest BCUT2D eigenvalue weighted by Gasteiger charge is 2.07. The summed E-state index contributed by atoms with van der Waals surface area (Å²) in [7, 11) is 3.94. The third-order valence-corrected chi connectivity index (χ3v) is 2.85. The summed E-state index contributed by atoms with van der Waals surface area (Å²) in [6.07, 6.45) is 5.40. The topological polar surface area (TPSA) is 51.0 Å². The molecule has 18 heavy (non-hydrogen) atoms. The van der Waals surface area contributed by atoms with Crippen LogP contribution in [0.15, 0.2) is 30.7 Å². The van der Waals surface area contributed by atoms with Gasteiger partial charge in [-0.25, -0.2) is 4.98 Å². The molecule has 0 aliphatic heterocycles. The molecule has 0 atom stereocenters. The Morgan fingerprint density at radius 2 is 2.17 bits per heavy atom. The first kappa shape index (κ1) is 12.3. The van der Waals surface area contributed by atoms with Gasteiger partial charge in [0.2, 0.25) is 0 Å². The number of hydrogen-bond acceptors (Lipinski definition) is 4. The summed E-state index contributed by atoms with van der Waals surface area (Å²) in [4.78, 5) is 21.6. The van der Waals surface area contributed by atoms with Gasteiger partial charge in [-0.1, -0.05) is 0 Å². The van der Waals surface area contributed by atoms with Gasteiger partial charge < -0.3 is 9.47 Å². The van der Waals surface area contributed by atoms with Gasteiger partial charge in [-0.05, 0) is 12.1 Å². The number of imidazole rings is 1. The molecule has 0 aliphatic carbocycles. The number of nitrogens with zero attached hydrogens (tertiary/aromatic N) is 4. The first-order valence-corrected chi connectivity index (χ1v) is 5.72. The van der Waals surface area contributed by atoms with E-state index in [1.54, 1.807) is 18.5 Å². The maximum Gasteiger partial charge on any atom is 0.178 e. The van der Waals surface area contributed by atoms with Crippen LogP contribution in [0.2, 0.25) is 0 Å². The summed E-state index contributed by atoms with van der Waals surface area (Å²) in [6.45, 7) is 2.21. The van der Waals surface area contributed by atoms with Crippen LogP contribution in [-0.4, -0.2) is 27.4 Å². The van der Waals surface area contributed by atoms with Gasteiger partial charge in [-0.15, -0.1) is 0 Å². The molecule has 0 amide bonds. The van der Waals surface area contributed by atoms with Crippen molar-refractivity contribution in [3.8, 4) is 0 Å². The van der Waals surface area contributed by atoms with Crippen molar-refractivity contribution >= 4 is 11.5 Å². The number of anilines is 1. The summed E-state index contributed by atoms with van der Waals surface area (Å²) < 4.78 is 1.98. The minimum absolute atomic E-state index is 0.0201. The number of ketones is 1. The van der Waals surface area contributed by atoms with Crippen molar-refractivity contribution < 1.29 is 4.79 Å². The standard InChI is InChI=1S/C13H16N4O/c1-10(18)12-5-4-11(8-15-12)17(3)9-13-14-6-7-16(13)2/h4-8H,9H2,1-3H3. The molecule has 0 saturated carbocycles. The average Bonchev–Trinajstić information content (AvgIpc) is 2.75. The molecule has 2 rings (SSSR count). The lowest BCUT2D eigenvalue weighted by Gasteiger charge is -2.18. The van der Waals surface area contributed by atoms with Gasteiger partial charge in [0.05, 0.1) is 18.4 Å². The van der Waals surface area contributed by atoms with Gasteiger partial charge in [0, 0.05) is 33.4 Å². The highest BCUT2D eigenvalue weighted by molar-refractivity contribution is 5.92. The number of carbonyl (C=O) groups is 1. The van der Waals surface area contributed by atoms with Crippen LogP contribution >= 0.6 is 0 Å². The predicted octanol–water partition coefficient (Wildman–Crippen LogP) is 1.65. The van der Waals surface area contributed by atoms with E-state index in [1.165, 1.54) is 6.92 Å². The minimum atomic E-state index is -0.0201. The highest BCUT2D eigenvalue weighted by atomic mass is 16.1. The fourth-order valence-corrected chi connectivity index (χ4v) is 1.67. The molecule has 2 aromatic rings. The summed E-state index contributed by atoms with van der Waals surface area (Å²) in [6, 6.07) is 3.64. The molecule has 94 valence electrons. The molecule has 5 nitrogen and oxygen atoms in total. The van der Waals surface area contributed by atoms with Crippen molar-refractivity contribution in [2.75, 3.05) is 11.9 Å². The molecule has 5 heteroatoms. The second-order valence-corrected chi connectivity index (χ2v) is 4.27. The zero-order valence-corrected chi connectivity index (χ0v) is 10.8. The van der Waals surface area contributed by atoms with Crippen molar-refractivity contribution in [3.05, 3.63) is 42.2 Å². The molecule has 0 bridgehead atoms. The lowest BCUT2D eigenvalue weighted by molar-refractivity contribution is 0.101. The zero-order chi connectivity index (χ0) is 13.1. The number of carbonyl (C=O) groups excluding carboxylic acids is 1. The Kier molecular flexibility index (Phi) is 3.41. The van der Waals surface area contributed by atoms with Crippen molar-refractivity contribution in [3.63, 3.8) is 0 Å². The summed E-state index contributed by atoms with van der Waals surface area (Å²) in [5.41, 5.74) is 1.45. The van der Waals surface area contributed by atoms with E-state index in [9.17, 15) is 4.79 Å². The Balaban J connectivity index is 2.12. The lowest BCUT2D eigenvalue weighted by atomic mass is 10.2. The van der Waals surface area contributed by atoms with Crippen molar-refractivity contribution in [1.29, 1.82) is 0 Å². The number of aryl methyl sites for hydroxylation is 1. The Labute approximate surface area is 106 Å². The molecular weight excluding hydrogens is 228 g/mol. The molecule has 0 N–H and O–H groups in total. The smallest absolute Gasteiger partial charge is 0.178 e. The van der Waals surface area contributed by atoms with Gasteiger partial charge in [-0.3, -0.25) is 9.78 Å². The molecule has 0 spiro atoms. The second kappa shape index (κ2) is 5.00.